The molecule has 0 saturated heterocycles. The van der Waals surface area contributed by atoms with E-state index in [9.17, 15) is 19.1 Å². The van der Waals surface area contributed by atoms with Crippen molar-refractivity contribution in [3.05, 3.63) is 29.1 Å². The molecule has 164 valence electrons. The summed E-state index contributed by atoms with van der Waals surface area (Å²) in [7, 11) is 0. The highest BCUT2D eigenvalue weighted by molar-refractivity contribution is 5.74. The number of hydrogen-bond acceptors (Lipinski definition) is 4. The molecule has 1 aromatic rings. The van der Waals surface area contributed by atoms with Gasteiger partial charge >= 0.3 is 6.09 Å². The first kappa shape index (κ1) is 24.7. The molecule has 29 heavy (non-hydrogen) atoms. The lowest BCUT2D eigenvalue weighted by Gasteiger charge is -2.39. The van der Waals surface area contributed by atoms with Gasteiger partial charge < -0.3 is 20.7 Å². The number of hydrogen-bond donors (Lipinski definition) is 3. The van der Waals surface area contributed by atoms with E-state index in [-0.39, 0.29) is 31.8 Å². The van der Waals surface area contributed by atoms with Crippen LogP contribution in [0.4, 0.5) is 9.18 Å². The lowest BCUT2D eigenvalue weighted by molar-refractivity contribution is -0.118. The van der Waals surface area contributed by atoms with E-state index in [1.54, 1.807) is 32.9 Å². The number of rotatable bonds is 11. The lowest BCUT2D eigenvalue weighted by atomic mass is 10.0. The molecule has 1 aromatic carbocycles. The molecule has 1 atom stereocenters. The van der Waals surface area contributed by atoms with Gasteiger partial charge in [0, 0.05) is 18.6 Å². The van der Waals surface area contributed by atoms with Crippen molar-refractivity contribution < 1.29 is 28.9 Å². The summed E-state index contributed by atoms with van der Waals surface area (Å²) in [6, 6.07) is 2.64. The predicted molar refractivity (Wildman–Crippen MR) is 108 cm³/mol. The van der Waals surface area contributed by atoms with Crippen molar-refractivity contribution in [2.24, 2.45) is 5.73 Å². The second kappa shape index (κ2) is 11.0. The summed E-state index contributed by atoms with van der Waals surface area (Å²) in [5.41, 5.74) is 5.81. The number of nitrogens with two attached hydrogens (primary N) is 1. The van der Waals surface area contributed by atoms with Crippen LogP contribution in [0.2, 0.25) is 0 Å². The smallest absolute Gasteiger partial charge is 0.408 e. The molecular weight excluding hydrogens is 379 g/mol. The number of carbonyl (C=O) groups is 2. The Morgan fingerprint density at radius 1 is 1.28 bits per heavy atom. The number of aliphatic hydroxyl groups is 1. The normalized spacial score (nSPS) is 12.5. The average molecular weight is 413 g/mol. The fourth-order valence-electron chi connectivity index (χ4n) is 3.30. The van der Waals surface area contributed by atoms with Crippen LogP contribution in [-0.2, 0) is 11.2 Å². The zero-order valence-electron chi connectivity index (χ0n) is 17.7. The molecule has 2 amide bonds. The van der Waals surface area contributed by atoms with Crippen LogP contribution in [0.5, 0.6) is 5.75 Å². The first-order valence-electron chi connectivity index (χ1n) is 9.80. The molecule has 0 aliphatic rings. The Labute approximate surface area is 171 Å². The van der Waals surface area contributed by atoms with Crippen molar-refractivity contribution in [2.75, 3.05) is 13.2 Å². The van der Waals surface area contributed by atoms with Crippen LogP contribution >= 0.6 is 0 Å². The standard InChI is InChI=1S/C21H33FN2O5/c1-14-11-15(7-5-6-10-25)19(22)17(12-14)29-13-16(8-9-18(23)26)24(20(27)28)21(2,3)4/h11-12,16,25H,5-10,13H2,1-4H3,(H2,23,26)(H,27,28)/t16-/m0/s1. The fraction of sp³-hybridized carbons (Fsp3) is 0.619. The van der Waals surface area contributed by atoms with Crippen molar-refractivity contribution >= 4 is 12.0 Å². The summed E-state index contributed by atoms with van der Waals surface area (Å²) in [5.74, 6) is -0.978. The minimum Gasteiger partial charge on any atom is -0.488 e. The van der Waals surface area contributed by atoms with E-state index in [4.69, 9.17) is 15.6 Å². The quantitative estimate of drug-likeness (QED) is 0.483. The topological polar surface area (TPSA) is 113 Å². The first-order valence-corrected chi connectivity index (χ1v) is 9.80. The van der Waals surface area contributed by atoms with Gasteiger partial charge in [0.05, 0.1) is 6.04 Å². The molecule has 0 radical (unpaired) electrons. The maximum atomic E-state index is 14.8. The molecule has 0 fully saturated rings. The lowest BCUT2D eigenvalue weighted by Crippen LogP contribution is -2.53. The second-order valence-corrected chi connectivity index (χ2v) is 8.21. The van der Waals surface area contributed by atoms with E-state index in [0.29, 0.717) is 24.8 Å². The Balaban J connectivity index is 3.06. The van der Waals surface area contributed by atoms with E-state index >= 15 is 0 Å². The van der Waals surface area contributed by atoms with Crippen molar-refractivity contribution in [3.63, 3.8) is 0 Å². The molecule has 0 aromatic heterocycles. The minimum atomic E-state index is -1.15. The summed E-state index contributed by atoms with van der Waals surface area (Å²) in [6.07, 6.45) is 0.724. The van der Waals surface area contributed by atoms with Gasteiger partial charge in [-0.25, -0.2) is 9.18 Å². The van der Waals surface area contributed by atoms with Crippen LogP contribution < -0.4 is 10.5 Å². The number of carboxylic acid groups (broad SMARTS) is 1. The average Bonchev–Trinajstić information content (AvgIpc) is 2.58. The van der Waals surface area contributed by atoms with E-state index in [1.165, 1.54) is 4.90 Å². The molecule has 0 heterocycles. The van der Waals surface area contributed by atoms with Gasteiger partial charge in [-0.2, -0.15) is 0 Å². The first-order chi connectivity index (χ1) is 13.5. The molecule has 1 rings (SSSR count). The fourth-order valence-corrected chi connectivity index (χ4v) is 3.30. The summed E-state index contributed by atoms with van der Waals surface area (Å²) in [4.78, 5) is 24.3. The Kier molecular flexibility index (Phi) is 9.36. The SMILES string of the molecule is Cc1cc(CCCCO)c(F)c(OC[C@H](CCC(N)=O)N(C(=O)O)C(C)(C)C)c1. The van der Waals surface area contributed by atoms with E-state index in [0.717, 1.165) is 5.56 Å². The monoisotopic (exact) mass is 412 g/mol. The third-order valence-electron chi connectivity index (χ3n) is 4.56. The number of primary amides is 1. The van der Waals surface area contributed by atoms with Crippen LogP contribution in [0, 0.1) is 12.7 Å². The molecule has 0 spiro atoms. The van der Waals surface area contributed by atoms with E-state index < -0.39 is 29.4 Å². The summed E-state index contributed by atoms with van der Waals surface area (Å²) < 4.78 is 20.6. The molecule has 0 saturated carbocycles. The van der Waals surface area contributed by atoms with Crippen molar-refractivity contribution in [2.45, 2.75) is 71.4 Å². The molecule has 0 aliphatic carbocycles. The van der Waals surface area contributed by atoms with Gasteiger partial charge in [-0.15, -0.1) is 0 Å². The summed E-state index contributed by atoms with van der Waals surface area (Å²) in [5, 5.41) is 18.6. The molecule has 8 heteroatoms. The number of aliphatic hydroxyl groups excluding tert-OH is 1. The number of ether oxygens (including phenoxy) is 1. The molecular formula is C21H33FN2O5. The summed E-state index contributed by atoms with van der Waals surface area (Å²) >= 11 is 0. The maximum absolute atomic E-state index is 14.8. The highest BCUT2D eigenvalue weighted by atomic mass is 19.1. The third kappa shape index (κ3) is 7.89. The molecule has 7 nitrogen and oxygen atoms in total. The number of amides is 2. The Hall–Kier alpha value is -2.35. The largest absolute Gasteiger partial charge is 0.488 e. The Morgan fingerprint density at radius 3 is 2.45 bits per heavy atom. The highest BCUT2D eigenvalue weighted by Crippen LogP contribution is 2.26. The van der Waals surface area contributed by atoms with Crippen molar-refractivity contribution in [1.82, 2.24) is 4.90 Å². The molecule has 0 bridgehead atoms. The number of nitrogens with zero attached hydrogens (tertiary/aromatic N) is 1. The van der Waals surface area contributed by atoms with Gasteiger partial charge in [0.1, 0.15) is 6.61 Å². The van der Waals surface area contributed by atoms with Gasteiger partial charge in [-0.3, -0.25) is 9.69 Å². The zero-order chi connectivity index (χ0) is 22.2. The third-order valence-corrected chi connectivity index (χ3v) is 4.56. The molecule has 0 aliphatic heterocycles. The van der Waals surface area contributed by atoms with E-state index in [2.05, 4.69) is 0 Å². The van der Waals surface area contributed by atoms with Crippen LogP contribution in [0.15, 0.2) is 12.1 Å². The van der Waals surface area contributed by atoms with Crippen LogP contribution in [-0.4, -0.2) is 51.9 Å². The number of carbonyl (C=O) groups excluding carboxylic acids is 1. The second-order valence-electron chi connectivity index (χ2n) is 8.21. The Bertz CT molecular complexity index is 703. The van der Waals surface area contributed by atoms with Crippen molar-refractivity contribution in [3.8, 4) is 5.75 Å². The Morgan fingerprint density at radius 2 is 1.93 bits per heavy atom. The molecule has 4 N–H and O–H groups in total. The highest BCUT2D eigenvalue weighted by Gasteiger charge is 2.34. The summed E-state index contributed by atoms with van der Waals surface area (Å²) in [6.45, 7) is 7.00. The van der Waals surface area contributed by atoms with Crippen molar-refractivity contribution in [1.29, 1.82) is 0 Å². The zero-order valence-corrected chi connectivity index (χ0v) is 17.7. The predicted octanol–water partition coefficient (Wildman–Crippen LogP) is 3.24. The number of benzene rings is 1. The molecule has 0 unspecified atom stereocenters. The van der Waals surface area contributed by atoms with Crippen LogP contribution in [0.1, 0.15) is 57.6 Å². The van der Waals surface area contributed by atoms with Gasteiger partial charge in [0.2, 0.25) is 5.91 Å². The van der Waals surface area contributed by atoms with Gasteiger partial charge in [0.25, 0.3) is 0 Å². The van der Waals surface area contributed by atoms with Gasteiger partial charge in [-0.1, -0.05) is 6.07 Å². The minimum absolute atomic E-state index is 0.00338. The van der Waals surface area contributed by atoms with E-state index in [1.807, 2.05) is 6.92 Å². The number of unbranched alkanes of at least 4 members (excludes halogenated alkanes) is 1. The van der Waals surface area contributed by atoms with Crippen LogP contribution in [0.3, 0.4) is 0 Å². The number of aryl methyl sites for hydroxylation is 2. The number of halogens is 1. The van der Waals surface area contributed by atoms with Gasteiger partial charge in [0.15, 0.2) is 11.6 Å². The maximum Gasteiger partial charge on any atom is 0.408 e. The van der Waals surface area contributed by atoms with Crippen LogP contribution in [0.25, 0.3) is 0 Å². The van der Waals surface area contributed by atoms with Gasteiger partial charge in [-0.05, 0) is 70.6 Å².